The monoisotopic (exact) mass is 228 g/mol. The van der Waals surface area contributed by atoms with Crippen LogP contribution in [0, 0.1) is 5.82 Å². The van der Waals surface area contributed by atoms with E-state index in [1.54, 1.807) is 6.07 Å². The maximum atomic E-state index is 13.2. The van der Waals surface area contributed by atoms with Gasteiger partial charge in [-0.25, -0.2) is 4.39 Å². The van der Waals surface area contributed by atoms with Crippen LogP contribution >= 0.6 is 0 Å². The maximum Gasteiger partial charge on any atom is 0.123 e. The van der Waals surface area contributed by atoms with Crippen molar-refractivity contribution in [1.29, 1.82) is 0 Å². The molecule has 0 heterocycles. The van der Waals surface area contributed by atoms with E-state index in [2.05, 4.69) is 0 Å². The topological polar surface area (TPSA) is 20.2 Å². The lowest BCUT2D eigenvalue weighted by Gasteiger charge is -2.07. The minimum absolute atomic E-state index is 0.233. The van der Waals surface area contributed by atoms with Crippen LogP contribution in [0.4, 0.5) is 4.39 Å². The fourth-order valence-electron chi connectivity index (χ4n) is 2.43. The summed E-state index contributed by atoms with van der Waals surface area (Å²) in [5, 5.41) is 9.83. The second kappa shape index (κ2) is 3.97. The van der Waals surface area contributed by atoms with Crippen molar-refractivity contribution < 1.29 is 9.50 Å². The van der Waals surface area contributed by atoms with Gasteiger partial charge < -0.3 is 5.11 Å². The lowest BCUT2D eigenvalue weighted by molar-refractivity contribution is 0.180. The van der Waals surface area contributed by atoms with Crippen LogP contribution in [-0.2, 0) is 6.42 Å². The Balaban J connectivity index is 2.08. The van der Waals surface area contributed by atoms with Gasteiger partial charge in [-0.2, -0.15) is 0 Å². The molecule has 0 saturated heterocycles. The van der Waals surface area contributed by atoms with E-state index in [0.717, 1.165) is 29.5 Å². The van der Waals surface area contributed by atoms with Gasteiger partial charge in [-0.05, 0) is 53.3 Å². The van der Waals surface area contributed by atoms with Crippen LogP contribution in [0.1, 0.15) is 23.7 Å². The third-order valence-corrected chi connectivity index (χ3v) is 3.35. The van der Waals surface area contributed by atoms with Crippen molar-refractivity contribution >= 4 is 0 Å². The normalized spacial score (nSPS) is 18.1. The highest BCUT2D eigenvalue weighted by molar-refractivity contribution is 5.65. The van der Waals surface area contributed by atoms with Gasteiger partial charge in [0.15, 0.2) is 0 Å². The summed E-state index contributed by atoms with van der Waals surface area (Å²) in [5.74, 6) is -0.233. The first kappa shape index (κ1) is 10.5. The highest BCUT2D eigenvalue weighted by Crippen LogP contribution is 2.34. The Kier molecular flexibility index (Phi) is 2.45. The molecule has 2 heteroatoms. The van der Waals surface area contributed by atoms with Crippen molar-refractivity contribution in [2.45, 2.75) is 18.9 Å². The minimum atomic E-state index is -0.362. The summed E-state index contributed by atoms with van der Waals surface area (Å²) in [4.78, 5) is 0. The van der Waals surface area contributed by atoms with E-state index in [4.69, 9.17) is 0 Å². The largest absolute Gasteiger partial charge is 0.388 e. The molecule has 1 nitrogen and oxygen atoms in total. The van der Waals surface area contributed by atoms with E-state index in [1.807, 2.05) is 24.3 Å². The van der Waals surface area contributed by atoms with Crippen LogP contribution in [0.15, 0.2) is 42.5 Å². The molecule has 0 aliphatic heterocycles. The molecule has 0 saturated carbocycles. The third-order valence-electron chi connectivity index (χ3n) is 3.35. The lowest BCUT2D eigenvalue weighted by Crippen LogP contribution is -1.91. The SMILES string of the molecule is O[C@@H]1CCc2ccc(-c3cccc(F)c3)cc21. The quantitative estimate of drug-likeness (QED) is 0.792. The summed E-state index contributed by atoms with van der Waals surface area (Å²) in [6.07, 6.45) is 1.36. The van der Waals surface area contributed by atoms with Crippen LogP contribution in [0.3, 0.4) is 0 Å². The van der Waals surface area contributed by atoms with Gasteiger partial charge in [-0.3, -0.25) is 0 Å². The standard InChI is InChI=1S/C15H13FO/c16-13-3-1-2-11(8-13)12-5-4-10-6-7-15(17)14(10)9-12/h1-5,8-9,15,17H,6-7H2/t15-/m1/s1. The zero-order valence-electron chi connectivity index (χ0n) is 9.36. The lowest BCUT2D eigenvalue weighted by atomic mass is 10.00. The molecule has 1 aliphatic rings. The number of hydrogen-bond donors (Lipinski definition) is 1. The summed E-state index contributed by atoms with van der Waals surface area (Å²) < 4.78 is 13.2. The number of benzene rings is 2. The number of rotatable bonds is 1. The van der Waals surface area contributed by atoms with Crippen molar-refractivity contribution in [3.63, 3.8) is 0 Å². The molecule has 0 amide bonds. The van der Waals surface area contributed by atoms with Gasteiger partial charge in [0, 0.05) is 0 Å². The van der Waals surface area contributed by atoms with Crippen molar-refractivity contribution in [3.8, 4) is 11.1 Å². The van der Waals surface area contributed by atoms with E-state index >= 15 is 0 Å². The molecule has 0 aromatic heterocycles. The Morgan fingerprint density at radius 1 is 1.06 bits per heavy atom. The summed E-state index contributed by atoms with van der Waals surface area (Å²) in [5.41, 5.74) is 4.01. The Bertz CT molecular complexity index is 563. The first-order chi connectivity index (χ1) is 8.24. The van der Waals surface area contributed by atoms with Gasteiger partial charge >= 0.3 is 0 Å². The van der Waals surface area contributed by atoms with Gasteiger partial charge in [0.25, 0.3) is 0 Å². The maximum absolute atomic E-state index is 13.2. The van der Waals surface area contributed by atoms with Crippen LogP contribution in [0.5, 0.6) is 0 Å². The summed E-state index contributed by atoms with van der Waals surface area (Å²) in [6.45, 7) is 0. The zero-order chi connectivity index (χ0) is 11.8. The van der Waals surface area contributed by atoms with Gasteiger partial charge in [0.1, 0.15) is 5.82 Å². The molecule has 1 N–H and O–H groups in total. The highest BCUT2D eigenvalue weighted by atomic mass is 19.1. The average Bonchev–Trinajstić information content (AvgIpc) is 2.71. The van der Waals surface area contributed by atoms with Crippen LogP contribution < -0.4 is 0 Å². The van der Waals surface area contributed by atoms with Crippen molar-refractivity contribution in [2.24, 2.45) is 0 Å². The first-order valence-corrected chi connectivity index (χ1v) is 5.81. The number of aliphatic hydroxyl groups excluding tert-OH is 1. The highest BCUT2D eigenvalue weighted by Gasteiger charge is 2.20. The molecule has 86 valence electrons. The van der Waals surface area contributed by atoms with Crippen LogP contribution in [0.2, 0.25) is 0 Å². The van der Waals surface area contributed by atoms with Crippen LogP contribution in [-0.4, -0.2) is 5.11 Å². The van der Waals surface area contributed by atoms with Gasteiger partial charge in [-0.1, -0.05) is 24.3 Å². The van der Waals surface area contributed by atoms with Crippen molar-refractivity contribution in [1.82, 2.24) is 0 Å². The van der Waals surface area contributed by atoms with E-state index < -0.39 is 0 Å². The molecule has 0 spiro atoms. The number of aliphatic hydroxyl groups is 1. The van der Waals surface area contributed by atoms with Crippen molar-refractivity contribution in [2.75, 3.05) is 0 Å². The van der Waals surface area contributed by atoms with E-state index in [1.165, 1.54) is 17.7 Å². The third kappa shape index (κ3) is 1.85. The molecule has 2 aromatic rings. The predicted molar refractivity (Wildman–Crippen MR) is 65.1 cm³/mol. The molecule has 0 unspecified atom stereocenters. The van der Waals surface area contributed by atoms with Crippen molar-refractivity contribution in [3.05, 3.63) is 59.4 Å². The molecule has 1 aliphatic carbocycles. The Hall–Kier alpha value is -1.67. The molecule has 2 aromatic carbocycles. The minimum Gasteiger partial charge on any atom is -0.388 e. The van der Waals surface area contributed by atoms with Crippen LogP contribution in [0.25, 0.3) is 11.1 Å². The molecular weight excluding hydrogens is 215 g/mol. The fourth-order valence-corrected chi connectivity index (χ4v) is 2.43. The number of aryl methyl sites for hydroxylation is 1. The molecule has 0 bridgehead atoms. The van der Waals surface area contributed by atoms with Gasteiger partial charge in [0.05, 0.1) is 6.10 Å². The Labute approximate surface area is 99.5 Å². The fraction of sp³-hybridized carbons (Fsp3) is 0.200. The molecule has 0 radical (unpaired) electrons. The number of hydrogen-bond acceptors (Lipinski definition) is 1. The Morgan fingerprint density at radius 2 is 1.88 bits per heavy atom. The molecule has 3 rings (SSSR count). The van der Waals surface area contributed by atoms with E-state index in [0.29, 0.717) is 0 Å². The molecular formula is C15H13FO. The van der Waals surface area contributed by atoms with E-state index in [-0.39, 0.29) is 11.9 Å². The Morgan fingerprint density at radius 3 is 2.71 bits per heavy atom. The molecule has 0 fully saturated rings. The second-order valence-electron chi connectivity index (χ2n) is 4.48. The van der Waals surface area contributed by atoms with Gasteiger partial charge in [-0.15, -0.1) is 0 Å². The van der Waals surface area contributed by atoms with E-state index in [9.17, 15) is 9.50 Å². The zero-order valence-corrected chi connectivity index (χ0v) is 9.36. The average molecular weight is 228 g/mol. The smallest absolute Gasteiger partial charge is 0.123 e. The number of halogens is 1. The molecule has 1 atom stereocenters. The first-order valence-electron chi connectivity index (χ1n) is 5.81. The second-order valence-corrected chi connectivity index (χ2v) is 4.48. The molecule has 17 heavy (non-hydrogen) atoms. The summed E-state index contributed by atoms with van der Waals surface area (Å²) in [7, 11) is 0. The van der Waals surface area contributed by atoms with Gasteiger partial charge in [0.2, 0.25) is 0 Å². The number of fused-ring (bicyclic) bond motifs is 1. The summed E-state index contributed by atoms with van der Waals surface area (Å²) >= 11 is 0. The predicted octanol–water partition coefficient (Wildman–Crippen LogP) is 3.47. The summed E-state index contributed by atoms with van der Waals surface area (Å²) in [6, 6.07) is 12.5.